The molecule has 2 saturated carbocycles. The molecule has 20 heavy (non-hydrogen) atoms. The highest BCUT2D eigenvalue weighted by Gasteiger charge is 2.41. The second kappa shape index (κ2) is 5.64. The van der Waals surface area contributed by atoms with Gasteiger partial charge < -0.3 is 10.0 Å². The number of aliphatic carboxylic acids is 1. The quantitative estimate of drug-likeness (QED) is 0.810. The first-order valence-electron chi connectivity index (χ1n) is 8.30. The Labute approximate surface area is 121 Å². The van der Waals surface area contributed by atoms with E-state index in [9.17, 15) is 9.90 Å². The molecule has 2 aliphatic carbocycles. The number of piperidine rings is 1. The predicted octanol–water partition coefficient (Wildman–Crippen LogP) is 2.09. The van der Waals surface area contributed by atoms with E-state index in [0.29, 0.717) is 12.6 Å². The van der Waals surface area contributed by atoms with Crippen LogP contribution in [-0.4, -0.2) is 47.2 Å². The van der Waals surface area contributed by atoms with Gasteiger partial charge in [-0.05, 0) is 51.0 Å². The van der Waals surface area contributed by atoms with Crippen LogP contribution in [0, 0.1) is 11.8 Å². The molecule has 0 aromatic rings. The molecule has 3 atom stereocenters. The van der Waals surface area contributed by atoms with Crippen molar-refractivity contribution in [1.82, 2.24) is 10.2 Å². The molecule has 3 unspecified atom stereocenters. The maximum absolute atomic E-state index is 11.7. The molecule has 3 rings (SSSR count). The number of nitrogens with one attached hydrogen (secondary N) is 1. The van der Waals surface area contributed by atoms with Crippen LogP contribution in [0.5, 0.6) is 0 Å². The Morgan fingerprint density at radius 3 is 2.55 bits per heavy atom. The second-order valence-electron chi connectivity index (χ2n) is 7.38. The zero-order valence-electron chi connectivity index (χ0n) is 12.6. The fourth-order valence-corrected chi connectivity index (χ4v) is 4.12. The van der Waals surface area contributed by atoms with Gasteiger partial charge in [-0.25, -0.2) is 0 Å². The average molecular weight is 280 g/mol. The molecule has 1 aliphatic heterocycles. The molecule has 4 nitrogen and oxygen atoms in total. The third-order valence-electron chi connectivity index (χ3n) is 5.49. The highest BCUT2D eigenvalue weighted by Crippen LogP contribution is 2.36. The summed E-state index contributed by atoms with van der Waals surface area (Å²) in [6.45, 7) is 4.71. The van der Waals surface area contributed by atoms with Crippen LogP contribution < -0.4 is 5.32 Å². The van der Waals surface area contributed by atoms with Crippen LogP contribution in [0.15, 0.2) is 0 Å². The van der Waals surface area contributed by atoms with Crippen molar-refractivity contribution in [2.24, 2.45) is 11.8 Å². The highest BCUT2D eigenvalue weighted by molar-refractivity contribution is 5.78. The molecule has 0 radical (unpaired) electrons. The molecule has 1 saturated heterocycles. The second-order valence-corrected chi connectivity index (χ2v) is 7.38. The third kappa shape index (κ3) is 3.17. The monoisotopic (exact) mass is 280 g/mol. The molecule has 3 fully saturated rings. The van der Waals surface area contributed by atoms with Gasteiger partial charge in [-0.3, -0.25) is 10.1 Å². The van der Waals surface area contributed by atoms with E-state index in [1.54, 1.807) is 0 Å². The van der Waals surface area contributed by atoms with E-state index < -0.39 is 11.5 Å². The summed E-state index contributed by atoms with van der Waals surface area (Å²) in [7, 11) is 0. The maximum atomic E-state index is 11.7. The standard InChI is InChI=1S/C16H28N2O2/c1-16(15(19)20,17-14-6-7-14)11-18-9-8-12-4-2-3-5-13(12)10-18/h12-14,17H,2-11H2,1H3,(H,19,20). The third-order valence-corrected chi connectivity index (χ3v) is 5.49. The van der Waals surface area contributed by atoms with Crippen molar-refractivity contribution in [3.05, 3.63) is 0 Å². The van der Waals surface area contributed by atoms with E-state index in [1.807, 2.05) is 6.92 Å². The minimum absolute atomic E-state index is 0.434. The summed E-state index contributed by atoms with van der Waals surface area (Å²) in [5.74, 6) is 1.03. The minimum atomic E-state index is -0.775. The Kier molecular flexibility index (Phi) is 4.04. The van der Waals surface area contributed by atoms with Crippen molar-refractivity contribution >= 4 is 5.97 Å². The smallest absolute Gasteiger partial charge is 0.324 e. The molecular formula is C16H28N2O2. The lowest BCUT2D eigenvalue weighted by molar-refractivity contribution is -0.145. The summed E-state index contributed by atoms with van der Waals surface area (Å²) >= 11 is 0. The van der Waals surface area contributed by atoms with E-state index in [4.69, 9.17) is 0 Å². The number of carboxylic acid groups (broad SMARTS) is 1. The van der Waals surface area contributed by atoms with E-state index >= 15 is 0 Å². The topological polar surface area (TPSA) is 52.6 Å². The largest absolute Gasteiger partial charge is 0.480 e. The summed E-state index contributed by atoms with van der Waals surface area (Å²) in [4.78, 5) is 14.1. The number of likely N-dealkylation sites (tertiary alicyclic amines) is 1. The van der Waals surface area contributed by atoms with E-state index in [2.05, 4.69) is 10.2 Å². The van der Waals surface area contributed by atoms with Gasteiger partial charge in [0.25, 0.3) is 0 Å². The first kappa shape index (κ1) is 14.3. The Bertz CT molecular complexity index is 369. The number of hydrogen-bond donors (Lipinski definition) is 2. The van der Waals surface area contributed by atoms with Gasteiger partial charge in [0, 0.05) is 19.1 Å². The van der Waals surface area contributed by atoms with Gasteiger partial charge >= 0.3 is 5.97 Å². The molecule has 1 heterocycles. The molecule has 0 amide bonds. The van der Waals surface area contributed by atoms with Gasteiger partial charge in [-0.15, -0.1) is 0 Å². The normalized spacial score (nSPS) is 34.2. The molecule has 3 aliphatic rings. The van der Waals surface area contributed by atoms with Gasteiger partial charge in [0.15, 0.2) is 0 Å². The van der Waals surface area contributed by atoms with Crippen LogP contribution in [0.4, 0.5) is 0 Å². The predicted molar refractivity (Wildman–Crippen MR) is 78.7 cm³/mol. The van der Waals surface area contributed by atoms with Gasteiger partial charge in [0.2, 0.25) is 0 Å². The molecule has 2 N–H and O–H groups in total. The summed E-state index contributed by atoms with van der Waals surface area (Å²) in [5.41, 5.74) is -0.775. The molecule has 0 aromatic carbocycles. The Balaban J connectivity index is 1.59. The maximum Gasteiger partial charge on any atom is 0.324 e. The van der Waals surface area contributed by atoms with E-state index in [1.165, 1.54) is 32.1 Å². The lowest BCUT2D eigenvalue weighted by Gasteiger charge is -2.43. The minimum Gasteiger partial charge on any atom is -0.480 e. The SMILES string of the molecule is CC(CN1CCC2CCCCC2C1)(NC1CC1)C(=O)O. The molecule has 4 heteroatoms. The zero-order valence-corrected chi connectivity index (χ0v) is 12.6. The van der Waals surface area contributed by atoms with Crippen LogP contribution in [0.25, 0.3) is 0 Å². The van der Waals surface area contributed by atoms with Gasteiger partial charge in [0.05, 0.1) is 0 Å². The number of rotatable bonds is 5. The number of hydrogen-bond acceptors (Lipinski definition) is 3. The molecule has 0 aromatic heterocycles. The van der Waals surface area contributed by atoms with Crippen molar-refractivity contribution < 1.29 is 9.90 Å². The average Bonchev–Trinajstić information content (AvgIpc) is 3.22. The van der Waals surface area contributed by atoms with Crippen LogP contribution in [0.1, 0.15) is 51.9 Å². The fraction of sp³-hybridized carbons (Fsp3) is 0.938. The molecule has 0 spiro atoms. The summed E-state index contributed by atoms with van der Waals surface area (Å²) in [6, 6.07) is 0.434. The molecule has 0 bridgehead atoms. The Morgan fingerprint density at radius 2 is 1.90 bits per heavy atom. The number of carbonyl (C=O) groups is 1. The highest BCUT2D eigenvalue weighted by atomic mass is 16.4. The van der Waals surface area contributed by atoms with Crippen LogP contribution in [0.2, 0.25) is 0 Å². The lowest BCUT2D eigenvalue weighted by Crippen LogP contribution is -2.59. The van der Waals surface area contributed by atoms with Crippen LogP contribution in [-0.2, 0) is 4.79 Å². The molecule has 114 valence electrons. The number of fused-ring (bicyclic) bond motifs is 1. The van der Waals surface area contributed by atoms with Crippen molar-refractivity contribution in [3.8, 4) is 0 Å². The lowest BCUT2D eigenvalue weighted by atomic mass is 9.75. The number of nitrogens with zero attached hydrogens (tertiary/aromatic N) is 1. The van der Waals surface area contributed by atoms with Gasteiger partial charge in [-0.2, -0.15) is 0 Å². The Morgan fingerprint density at radius 1 is 1.20 bits per heavy atom. The first-order valence-corrected chi connectivity index (χ1v) is 8.30. The Hall–Kier alpha value is -0.610. The van der Waals surface area contributed by atoms with Gasteiger partial charge in [0.1, 0.15) is 5.54 Å². The van der Waals surface area contributed by atoms with Crippen molar-refractivity contribution in [2.75, 3.05) is 19.6 Å². The van der Waals surface area contributed by atoms with E-state index in [-0.39, 0.29) is 0 Å². The first-order chi connectivity index (χ1) is 9.57. The summed E-state index contributed by atoms with van der Waals surface area (Å²) < 4.78 is 0. The number of carboxylic acids is 1. The van der Waals surface area contributed by atoms with E-state index in [0.717, 1.165) is 37.8 Å². The fourth-order valence-electron chi connectivity index (χ4n) is 4.12. The zero-order chi connectivity index (χ0) is 14.2. The summed E-state index contributed by atoms with van der Waals surface area (Å²) in [5, 5.41) is 12.9. The van der Waals surface area contributed by atoms with Crippen molar-refractivity contribution in [2.45, 2.75) is 63.5 Å². The van der Waals surface area contributed by atoms with Crippen molar-refractivity contribution in [1.29, 1.82) is 0 Å². The van der Waals surface area contributed by atoms with Gasteiger partial charge in [-0.1, -0.05) is 19.3 Å². The van der Waals surface area contributed by atoms with Crippen LogP contribution in [0.3, 0.4) is 0 Å². The van der Waals surface area contributed by atoms with Crippen LogP contribution >= 0.6 is 0 Å². The summed E-state index contributed by atoms with van der Waals surface area (Å²) in [6.07, 6.45) is 9.05. The molecular weight excluding hydrogens is 252 g/mol. The van der Waals surface area contributed by atoms with Crippen molar-refractivity contribution in [3.63, 3.8) is 0 Å².